The molecule has 0 unspecified atom stereocenters. The predicted octanol–water partition coefficient (Wildman–Crippen LogP) is 9.66. The highest BCUT2D eigenvalue weighted by atomic mass is 16.3. The van der Waals surface area contributed by atoms with Gasteiger partial charge < -0.3 is 8.98 Å². The molecule has 9 rings (SSSR count). The zero-order chi connectivity index (χ0) is 29.0. The number of aromatic nitrogens is 4. The van der Waals surface area contributed by atoms with Gasteiger partial charge in [-0.2, -0.15) is 5.10 Å². The van der Waals surface area contributed by atoms with Gasteiger partial charge in [-0.25, -0.2) is 9.67 Å². The summed E-state index contributed by atoms with van der Waals surface area (Å²) >= 11 is 0. The molecule has 3 aromatic heterocycles. The summed E-state index contributed by atoms with van der Waals surface area (Å²) in [6.45, 7) is 0.589. The first-order chi connectivity index (χ1) is 21.8. The van der Waals surface area contributed by atoms with E-state index in [4.69, 9.17) is 14.5 Å². The molecule has 0 N–H and O–H groups in total. The quantitative estimate of drug-likeness (QED) is 0.208. The molecule has 0 bridgehead atoms. The fraction of sp³-hybridized carbons (Fsp3) is 0.0256. The minimum absolute atomic E-state index is 0.589. The highest BCUT2D eigenvalue weighted by Crippen LogP contribution is 2.38. The van der Waals surface area contributed by atoms with Gasteiger partial charge in [-0.05, 0) is 42.0 Å². The van der Waals surface area contributed by atoms with E-state index < -0.39 is 0 Å². The third-order valence-corrected chi connectivity index (χ3v) is 8.41. The topological polar surface area (TPSA) is 48.8 Å². The zero-order valence-corrected chi connectivity index (χ0v) is 23.8. The van der Waals surface area contributed by atoms with Crippen molar-refractivity contribution in [2.24, 2.45) is 0 Å². The lowest BCUT2D eigenvalue weighted by atomic mass is 10.1. The van der Waals surface area contributed by atoms with Gasteiger partial charge in [0, 0.05) is 38.4 Å². The normalized spacial score (nSPS) is 11.7. The Morgan fingerprint density at radius 1 is 0.523 bits per heavy atom. The summed E-state index contributed by atoms with van der Waals surface area (Å²) in [5.74, 6) is 1.57. The SMILES string of the molecule is c1ccc(-c2nc(-c3ccccc3)n(Cc3cccc(-n4c5ccccc5c5cc6oc7ccccc7c6cc54)c3)n2)cc1. The first kappa shape index (κ1) is 24.6. The summed E-state index contributed by atoms with van der Waals surface area (Å²) in [6.07, 6.45) is 0. The Kier molecular flexibility index (Phi) is 5.50. The molecule has 0 radical (unpaired) electrons. The van der Waals surface area contributed by atoms with Gasteiger partial charge in [0.25, 0.3) is 0 Å². The van der Waals surface area contributed by atoms with Crippen LogP contribution in [0.25, 0.3) is 72.2 Å². The zero-order valence-electron chi connectivity index (χ0n) is 23.8. The van der Waals surface area contributed by atoms with E-state index in [-0.39, 0.29) is 0 Å². The molecule has 9 aromatic rings. The minimum Gasteiger partial charge on any atom is -0.456 e. The fourth-order valence-electron chi connectivity index (χ4n) is 6.39. The smallest absolute Gasteiger partial charge is 0.181 e. The maximum atomic E-state index is 6.27. The Labute approximate surface area is 253 Å². The number of nitrogens with zero attached hydrogens (tertiary/aromatic N) is 4. The molecule has 0 fully saturated rings. The Bertz CT molecular complexity index is 2470. The lowest BCUT2D eigenvalue weighted by Crippen LogP contribution is -2.05. The molecule has 6 aromatic carbocycles. The summed E-state index contributed by atoms with van der Waals surface area (Å²) in [5.41, 5.74) is 8.41. The average molecular weight is 567 g/mol. The molecule has 5 heteroatoms. The van der Waals surface area contributed by atoms with E-state index in [0.717, 1.165) is 67.0 Å². The van der Waals surface area contributed by atoms with Crippen molar-refractivity contribution in [2.45, 2.75) is 6.54 Å². The second-order valence-electron chi connectivity index (χ2n) is 11.1. The molecule has 0 saturated carbocycles. The van der Waals surface area contributed by atoms with Crippen LogP contribution in [0.3, 0.4) is 0 Å². The molecular weight excluding hydrogens is 540 g/mol. The van der Waals surface area contributed by atoms with Gasteiger partial charge >= 0.3 is 0 Å². The molecule has 44 heavy (non-hydrogen) atoms. The Balaban J connectivity index is 1.20. The number of fused-ring (bicyclic) bond motifs is 6. The monoisotopic (exact) mass is 566 g/mol. The number of furan rings is 1. The third kappa shape index (κ3) is 3.94. The van der Waals surface area contributed by atoms with Crippen LogP contribution in [0.4, 0.5) is 0 Å². The largest absolute Gasteiger partial charge is 0.456 e. The number of rotatable bonds is 5. The second-order valence-corrected chi connectivity index (χ2v) is 11.1. The maximum absolute atomic E-state index is 6.27. The molecule has 3 heterocycles. The summed E-state index contributed by atoms with van der Waals surface area (Å²) in [7, 11) is 0. The lowest BCUT2D eigenvalue weighted by Gasteiger charge is -2.11. The van der Waals surface area contributed by atoms with Gasteiger partial charge in [-0.1, -0.05) is 109 Å². The van der Waals surface area contributed by atoms with Crippen LogP contribution < -0.4 is 0 Å². The first-order valence-electron chi connectivity index (χ1n) is 14.8. The first-order valence-corrected chi connectivity index (χ1v) is 14.8. The van der Waals surface area contributed by atoms with Crippen LogP contribution in [0.15, 0.2) is 150 Å². The molecule has 0 amide bonds. The lowest BCUT2D eigenvalue weighted by molar-refractivity contribution is 0.669. The van der Waals surface area contributed by atoms with Gasteiger partial charge in [-0.15, -0.1) is 0 Å². The van der Waals surface area contributed by atoms with Crippen molar-refractivity contribution in [1.29, 1.82) is 0 Å². The molecular formula is C39H26N4O. The van der Waals surface area contributed by atoms with E-state index >= 15 is 0 Å². The van der Waals surface area contributed by atoms with E-state index in [0.29, 0.717) is 6.54 Å². The highest BCUT2D eigenvalue weighted by Gasteiger charge is 2.18. The summed E-state index contributed by atoms with van der Waals surface area (Å²) < 4.78 is 10.6. The van der Waals surface area contributed by atoms with Crippen molar-refractivity contribution in [3.05, 3.63) is 151 Å². The van der Waals surface area contributed by atoms with E-state index in [1.807, 2.05) is 53.2 Å². The summed E-state index contributed by atoms with van der Waals surface area (Å²) in [5, 5.41) is 9.61. The third-order valence-electron chi connectivity index (χ3n) is 8.41. The Morgan fingerprint density at radius 2 is 1.25 bits per heavy atom. The minimum atomic E-state index is 0.589. The summed E-state index contributed by atoms with van der Waals surface area (Å²) in [6, 6.07) is 50.5. The van der Waals surface area contributed by atoms with Crippen LogP contribution in [-0.4, -0.2) is 19.3 Å². The molecule has 5 nitrogen and oxygen atoms in total. The number of benzene rings is 6. The van der Waals surface area contributed by atoms with Crippen LogP contribution in [0.5, 0.6) is 0 Å². The van der Waals surface area contributed by atoms with E-state index in [1.54, 1.807) is 0 Å². The van der Waals surface area contributed by atoms with Crippen LogP contribution in [0, 0.1) is 0 Å². The van der Waals surface area contributed by atoms with Gasteiger partial charge in [0.2, 0.25) is 0 Å². The van der Waals surface area contributed by atoms with Crippen molar-refractivity contribution in [2.75, 3.05) is 0 Å². The molecule has 0 aliphatic carbocycles. The number of para-hydroxylation sites is 2. The molecule has 0 aliphatic heterocycles. The Hall–Kier alpha value is -5.94. The Morgan fingerprint density at radius 3 is 2.09 bits per heavy atom. The van der Waals surface area contributed by atoms with Gasteiger partial charge in [0.15, 0.2) is 11.6 Å². The molecule has 0 saturated heterocycles. The van der Waals surface area contributed by atoms with Crippen molar-refractivity contribution in [1.82, 2.24) is 19.3 Å². The summed E-state index contributed by atoms with van der Waals surface area (Å²) in [4.78, 5) is 4.99. The molecule has 0 aliphatic rings. The highest BCUT2D eigenvalue weighted by molar-refractivity contribution is 6.17. The number of hydrogen-bond donors (Lipinski definition) is 0. The number of hydrogen-bond acceptors (Lipinski definition) is 3. The maximum Gasteiger partial charge on any atom is 0.181 e. The molecule has 0 spiro atoms. The van der Waals surface area contributed by atoms with Crippen molar-refractivity contribution in [3.8, 4) is 28.5 Å². The second kappa shape index (κ2) is 9.82. The van der Waals surface area contributed by atoms with Gasteiger partial charge in [0.05, 0.1) is 17.6 Å². The van der Waals surface area contributed by atoms with Crippen molar-refractivity contribution < 1.29 is 4.42 Å². The standard InChI is InChI=1S/C39H26N4O/c1-3-13-27(14-4-1)38-40-39(28-15-5-2-6-16-28)42(41-38)25-26-12-11-17-29(22-26)43-34-20-9-7-18-30(34)32-24-37-33(23-35(32)43)31-19-8-10-21-36(31)44-37/h1-24H,25H2. The van der Waals surface area contributed by atoms with E-state index in [9.17, 15) is 0 Å². The molecule has 0 atom stereocenters. The van der Waals surface area contributed by atoms with E-state index in [1.165, 1.54) is 10.8 Å². The van der Waals surface area contributed by atoms with Crippen LogP contribution in [0.2, 0.25) is 0 Å². The van der Waals surface area contributed by atoms with E-state index in [2.05, 4.69) is 102 Å². The van der Waals surface area contributed by atoms with Crippen LogP contribution in [0.1, 0.15) is 5.56 Å². The predicted molar refractivity (Wildman–Crippen MR) is 178 cm³/mol. The van der Waals surface area contributed by atoms with Crippen molar-refractivity contribution >= 4 is 43.7 Å². The molecule has 208 valence electrons. The fourth-order valence-corrected chi connectivity index (χ4v) is 6.39. The van der Waals surface area contributed by atoms with Gasteiger partial charge in [0.1, 0.15) is 11.2 Å². The van der Waals surface area contributed by atoms with Crippen LogP contribution in [-0.2, 0) is 6.54 Å². The van der Waals surface area contributed by atoms with Gasteiger partial charge in [-0.3, -0.25) is 0 Å². The average Bonchev–Trinajstić information content (AvgIpc) is 3.76. The van der Waals surface area contributed by atoms with Crippen LogP contribution >= 0.6 is 0 Å². The van der Waals surface area contributed by atoms with Crippen molar-refractivity contribution in [3.63, 3.8) is 0 Å².